The Morgan fingerprint density at radius 2 is 2.17 bits per heavy atom. The highest BCUT2D eigenvalue weighted by Gasteiger charge is 2.15. The van der Waals surface area contributed by atoms with Crippen LogP contribution >= 0.6 is 11.6 Å². The number of nitrogens with two attached hydrogens (primary N) is 1. The summed E-state index contributed by atoms with van der Waals surface area (Å²) in [5.41, 5.74) is 8.96. The van der Waals surface area contributed by atoms with Crippen LogP contribution in [-0.4, -0.2) is 22.8 Å². The van der Waals surface area contributed by atoms with Crippen molar-refractivity contribution in [3.63, 3.8) is 0 Å². The summed E-state index contributed by atoms with van der Waals surface area (Å²) in [5.74, 6) is 0.0171. The molecule has 0 saturated carbocycles. The van der Waals surface area contributed by atoms with Crippen molar-refractivity contribution in [1.29, 1.82) is 0 Å². The summed E-state index contributed by atoms with van der Waals surface area (Å²) in [6, 6.07) is 8.78. The lowest BCUT2D eigenvalue weighted by atomic mass is 10.1. The van der Waals surface area contributed by atoms with Crippen molar-refractivity contribution >= 4 is 23.2 Å². The van der Waals surface area contributed by atoms with Crippen LogP contribution in [0.5, 0.6) is 0 Å². The first-order valence-electron chi connectivity index (χ1n) is 7.46. The fourth-order valence-corrected chi connectivity index (χ4v) is 2.62. The molecule has 126 valence electrons. The van der Waals surface area contributed by atoms with E-state index in [4.69, 9.17) is 22.2 Å². The standard InChI is InChI=1S/C18H20ClN3O2/c1-4-8-22-12(2)9-16(13(22)3)17(23)11-24-21-18(20)14-6-5-7-15(19)10-14/h4-7,9-10H,1,8,11H2,2-3H3,(H2,20,21). The molecule has 0 spiro atoms. The van der Waals surface area contributed by atoms with E-state index in [2.05, 4.69) is 11.7 Å². The van der Waals surface area contributed by atoms with Crippen molar-refractivity contribution in [2.24, 2.45) is 10.9 Å². The third-order valence-electron chi connectivity index (χ3n) is 3.66. The Morgan fingerprint density at radius 1 is 1.42 bits per heavy atom. The zero-order valence-corrected chi connectivity index (χ0v) is 14.5. The molecule has 0 saturated heterocycles. The summed E-state index contributed by atoms with van der Waals surface area (Å²) in [6.45, 7) is 8.05. The number of aromatic nitrogens is 1. The van der Waals surface area contributed by atoms with Gasteiger partial charge in [-0.25, -0.2) is 0 Å². The van der Waals surface area contributed by atoms with Gasteiger partial charge in [-0.1, -0.05) is 35.0 Å². The maximum absolute atomic E-state index is 12.3. The molecule has 5 nitrogen and oxygen atoms in total. The number of Topliss-reactive ketones (excluding diaryl/α,β-unsaturated/α-hetero) is 1. The van der Waals surface area contributed by atoms with E-state index in [9.17, 15) is 4.79 Å². The van der Waals surface area contributed by atoms with Crippen LogP contribution in [0.3, 0.4) is 0 Å². The van der Waals surface area contributed by atoms with Crippen molar-refractivity contribution < 1.29 is 9.63 Å². The van der Waals surface area contributed by atoms with Crippen molar-refractivity contribution in [1.82, 2.24) is 4.57 Å². The van der Waals surface area contributed by atoms with Gasteiger partial charge < -0.3 is 15.1 Å². The van der Waals surface area contributed by atoms with Gasteiger partial charge in [-0.05, 0) is 32.0 Å². The average Bonchev–Trinajstić information content (AvgIpc) is 2.83. The number of halogens is 1. The van der Waals surface area contributed by atoms with E-state index in [1.54, 1.807) is 30.3 Å². The van der Waals surface area contributed by atoms with E-state index in [1.165, 1.54) is 0 Å². The molecule has 0 amide bonds. The molecule has 2 rings (SSSR count). The molecule has 2 aromatic rings. The second-order valence-electron chi connectivity index (χ2n) is 5.37. The van der Waals surface area contributed by atoms with E-state index < -0.39 is 0 Å². The molecule has 1 heterocycles. The quantitative estimate of drug-likeness (QED) is 0.275. The topological polar surface area (TPSA) is 69.6 Å². The maximum atomic E-state index is 12.3. The first-order chi connectivity index (χ1) is 11.4. The molecule has 2 N–H and O–H groups in total. The molecule has 0 aliphatic rings. The summed E-state index contributed by atoms with van der Waals surface area (Å²) in [5, 5.41) is 4.34. The van der Waals surface area contributed by atoms with Gasteiger partial charge in [0.15, 0.2) is 12.4 Å². The van der Waals surface area contributed by atoms with Crippen LogP contribution in [0, 0.1) is 13.8 Å². The van der Waals surface area contributed by atoms with Gasteiger partial charge in [0.1, 0.15) is 0 Å². The lowest BCUT2D eigenvalue weighted by molar-refractivity contribution is 0.0775. The highest BCUT2D eigenvalue weighted by molar-refractivity contribution is 6.31. The van der Waals surface area contributed by atoms with E-state index in [0.29, 0.717) is 22.7 Å². The van der Waals surface area contributed by atoms with Crippen LogP contribution in [0.25, 0.3) is 0 Å². The Labute approximate surface area is 146 Å². The Hall–Kier alpha value is -2.53. The summed E-state index contributed by atoms with van der Waals surface area (Å²) >= 11 is 5.90. The summed E-state index contributed by atoms with van der Waals surface area (Å²) < 4.78 is 2.02. The molecule has 1 aromatic heterocycles. The van der Waals surface area contributed by atoms with Crippen LogP contribution in [0.4, 0.5) is 0 Å². The summed E-state index contributed by atoms with van der Waals surface area (Å²) in [7, 11) is 0. The Balaban J connectivity index is 2.04. The van der Waals surface area contributed by atoms with E-state index in [1.807, 2.05) is 24.5 Å². The fourth-order valence-electron chi connectivity index (χ4n) is 2.43. The van der Waals surface area contributed by atoms with Crippen molar-refractivity contribution in [3.05, 3.63) is 70.5 Å². The number of hydrogen-bond acceptors (Lipinski definition) is 3. The number of nitrogens with zero attached hydrogens (tertiary/aromatic N) is 2. The van der Waals surface area contributed by atoms with Gasteiger partial charge in [0.2, 0.25) is 5.78 Å². The van der Waals surface area contributed by atoms with Gasteiger partial charge >= 0.3 is 0 Å². The molecule has 0 bridgehead atoms. The third kappa shape index (κ3) is 4.06. The number of amidine groups is 1. The van der Waals surface area contributed by atoms with Crippen LogP contribution in [0.2, 0.25) is 5.02 Å². The number of aryl methyl sites for hydroxylation is 1. The number of carbonyl (C=O) groups excluding carboxylic acids is 1. The molecule has 24 heavy (non-hydrogen) atoms. The smallest absolute Gasteiger partial charge is 0.204 e. The number of ketones is 1. The number of benzene rings is 1. The average molecular weight is 346 g/mol. The second-order valence-corrected chi connectivity index (χ2v) is 5.80. The third-order valence-corrected chi connectivity index (χ3v) is 3.90. The van der Waals surface area contributed by atoms with Crippen molar-refractivity contribution in [2.45, 2.75) is 20.4 Å². The normalized spacial score (nSPS) is 11.4. The van der Waals surface area contributed by atoms with Crippen LogP contribution in [0.1, 0.15) is 27.3 Å². The van der Waals surface area contributed by atoms with Gasteiger partial charge in [-0.3, -0.25) is 4.79 Å². The minimum atomic E-state index is -0.181. The largest absolute Gasteiger partial charge is 0.386 e. The van der Waals surface area contributed by atoms with Gasteiger partial charge in [0, 0.05) is 34.1 Å². The lowest BCUT2D eigenvalue weighted by Crippen LogP contribution is -2.15. The molecule has 0 fully saturated rings. The lowest BCUT2D eigenvalue weighted by Gasteiger charge is -2.06. The zero-order valence-electron chi connectivity index (χ0n) is 13.8. The summed E-state index contributed by atoms with van der Waals surface area (Å²) in [6.07, 6.45) is 1.79. The molecule has 0 radical (unpaired) electrons. The minimum absolute atomic E-state index is 0.152. The molecule has 0 aliphatic heterocycles. The van der Waals surface area contributed by atoms with Crippen LogP contribution in [-0.2, 0) is 11.4 Å². The Bertz CT molecular complexity index is 794. The SMILES string of the molecule is C=CCn1c(C)cc(C(=O)CO/N=C(\N)c2cccc(Cl)c2)c1C. The predicted molar refractivity (Wildman–Crippen MR) is 96.6 cm³/mol. The molecule has 0 aliphatic carbocycles. The van der Waals surface area contributed by atoms with Crippen molar-refractivity contribution in [3.8, 4) is 0 Å². The number of carbonyl (C=O) groups is 1. The van der Waals surface area contributed by atoms with Gasteiger partial charge in [0.05, 0.1) is 0 Å². The van der Waals surface area contributed by atoms with Crippen LogP contribution < -0.4 is 5.73 Å². The van der Waals surface area contributed by atoms with Gasteiger partial charge in [-0.15, -0.1) is 6.58 Å². The Morgan fingerprint density at radius 3 is 2.83 bits per heavy atom. The zero-order chi connectivity index (χ0) is 17.7. The highest BCUT2D eigenvalue weighted by Crippen LogP contribution is 2.16. The monoisotopic (exact) mass is 345 g/mol. The van der Waals surface area contributed by atoms with Crippen molar-refractivity contribution in [2.75, 3.05) is 6.61 Å². The van der Waals surface area contributed by atoms with Gasteiger partial charge in [-0.2, -0.15) is 0 Å². The first-order valence-corrected chi connectivity index (χ1v) is 7.84. The van der Waals surface area contributed by atoms with E-state index in [-0.39, 0.29) is 18.2 Å². The van der Waals surface area contributed by atoms with E-state index in [0.717, 1.165) is 11.4 Å². The predicted octanol–water partition coefficient (Wildman–Crippen LogP) is 3.46. The second kappa shape index (κ2) is 7.84. The molecule has 1 aromatic carbocycles. The van der Waals surface area contributed by atoms with Crippen LogP contribution in [0.15, 0.2) is 48.1 Å². The number of hydrogen-bond donors (Lipinski definition) is 1. The minimum Gasteiger partial charge on any atom is -0.386 e. The first kappa shape index (κ1) is 17.8. The molecule has 6 heteroatoms. The van der Waals surface area contributed by atoms with E-state index >= 15 is 0 Å². The van der Waals surface area contributed by atoms with Gasteiger partial charge in [0.25, 0.3) is 0 Å². The Kier molecular flexibility index (Phi) is 5.82. The molecular weight excluding hydrogens is 326 g/mol. The number of allylic oxidation sites excluding steroid dienone is 1. The number of oxime groups is 1. The molecule has 0 atom stereocenters. The maximum Gasteiger partial charge on any atom is 0.204 e. The molecular formula is C18H20ClN3O2. The fraction of sp³-hybridized carbons (Fsp3) is 0.222. The molecule has 0 unspecified atom stereocenters. The highest BCUT2D eigenvalue weighted by atomic mass is 35.5. The summed E-state index contributed by atoms with van der Waals surface area (Å²) in [4.78, 5) is 17.4. The number of rotatable bonds is 7.